The number of thiophene rings is 1. The fraction of sp³-hybridized carbons (Fsp3) is 0.375. The van der Waals surface area contributed by atoms with E-state index in [-0.39, 0.29) is 0 Å². The van der Waals surface area contributed by atoms with Crippen LogP contribution >= 0.6 is 11.3 Å². The van der Waals surface area contributed by atoms with E-state index in [9.17, 15) is 0 Å². The van der Waals surface area contributed by atoms with Crippen LogP contribution in [0.2, 0.25) is 0 Å². The topological polar surface area (TPSA) is 0 Å². The Bertz CT molecular complexity index is 180. The number of rotatable bonds is 0. The van der Waals surface area contributed by atoms with E-state index in [1.807, 2.05) is 11.3 Å². The quantitative estimate of drug-likeness (QED) is 0.515. The molecule has 2 rings (SSSR count). The molecule has 0 aliphatic heterocycles. The lowest BCUT2D eigenvalue weighted by Crippen LogP contribution is -1.94. The van der Waals surface area contributed by atoms with Gasteiger partial charge in [0.15, 0.2) is 0 Å². The van der Waals surface area contributed by atoms with Crippen molar-refractivity contribution in [3.63, 3.8) is 0 Å². The van der Waals surface area contributed by atoms with Crippen LogP contribution in [0.3, 0.4) is 0 Å². The molecule has 0 unspecified atom stereocenters. The van der Waals surface area contributed by atoms with Crippen molar-refractivity contribution in [1.82, 2.24) is 0 Å². The van der Waals surface area contributed by atoms with Gasteiger partial charge in [-0.05, 0) is 42.7 Å². The molecule has 1 aliphatic carbocycles. The van der Waals surface area contributed by atoms with E-state index < -0.39 is 0 Å². The van der Waals surface area contributed by atoms with E-state index in [0.717, 1.165) is 0 Å². The van der Waals surface area contributed by atoms with E-state index in [1.54, 1.807) is 4.88 Å². The third kappa shape index (κ3) is 0.897. The Kier molecular flexibility index (Phi) is 1.31. The van der Waals surface area contributed by atoms with E-state index in [1.165, 1.54) is 24.8 Å². The Morgan fingerprint density at radius 3 is 3.33 bits per heavy atom. The molecule has 0 saturated heterocycles. The SMILES string of the molecule is [CH]1CCCc2sccc21. The molecule has 0 spiro atoms. The van der Waals surface area contributed by atoms with Crippen LogP contribution in [0.15, 0.2) is 11.4 Å². The van der Waals surface area contributed by atoms with E-state index >= 15 is 0 Å². The van der Waals surface area contributed by atoms with Gasteiger partial charge in [0.2, 0.25) is 0 Å². The van der Waals surface area contributed by atoms with Crippen molar-refractivity contribution in [3.8, 4) is 0 Å². The molecule has 1 radical (unpaired) electrons. The summed E-state index contributed by atoms with van der Waals surface area (Å²) >= 11 is 1.89. The minimum absolute atomic E-state index is 1.28. The van der Waals surface area contributed by atoms with Crippen molar-refractivity contribution in [2.75, 3.05) is 0 Å². The minimum atomic E-state index is 1.28. The lowest BCUT2D eigenvalue weighted by atomic mass is 10.00. The molecule has 47 valence electrons. The molecule has 0 aromatic carbocycles. The summed E-state index contributed by atoms with van der Waals surface area (Å²) in [4.78, 5) is 1.58. The summed E-state index contributed by atoms with van der Waals surface area (Å²) in [7, 11) is 0. The molecule has 0 bridgehead atoms. The normalized spacial score (nSPS) is 17.3. The van der Waals surface area contributed by atoms with Crippen LogP contribution < -0.4 is 0 Å². The second-order valence-corrected chi connectivity index (χ2v) is 3.40. The molecule has 0 saturated carbocycles. The maximum absolute atomic E-state index is 2.34. The van der Waals surface area contributed by atoms with Gasteiger partial charge in [0.1, 0.15) is 0 Å². The fourth-order valence-corrected chi connectivity index (χ4v) is 2.18. The zero-order chi connectivity index (χ0) is 6.10. The highest BCUT2D eigenvalue weighted by atomic mass is 32.1. The first kappa shape index (κ1) is 5.48. The zero-order valence-corrected chi connectivity index (χ0v) is 6.08. The predicted molar refractivity (Wildman–Crippen MR) is 40.7 cm³/mol. The molecule has 1 aromatic heterocycles. The van der Waals surface area contributed by atoms with Crippen LogP contribution in [0.25, 0.3) is 0 Å². The van der Waals surface area contributed by atoms with Crippen LogP contribution in [0.4, 0.5) is 0 Å². The first-order chi connectivity index (χ1) is 4.47. The minimum Gasteiger partial charge on any atom is -0.149 e. The molecular formula is C8H9S. The monoisotopic (exact) mass is 137 g/mol. The van der Waals surface area contributed by atoms with Gasteiger partial charge >= 0.3 is 0 Å². The van der Waals surface area contributed by atoms with Crippen molar-refractivity contribution >= 4 is 11.3 Å². The van der Waals surface area contributed by atoms with Gasteiger partial charge in [0, 0.05) is 4.88 Å². The fourth-order valence-electron chi connectivity index (χ4n) is 1.26. The third-order valence-corrected chi connectivity index (χ3v) is 2.75. The number of hydrogen-bond acceptors (Lipinski definition) is 1. The van der Waals surface area contributed by atoms with Gasteiger partial charge in [-0.2, -0.15) is 0 Å². The molecular weight excluding hydrogens is 128 g/mol. The molecule has 0 amide bonds. The van der Waals surface area contributed by atoms with E-state index in [0.29, 0.717) is 0 Å². The van der Waals surface area contributed by atoms with E-state index in [4.69, 9.17) is 0 Å². The van der Waals surface area contributed by atoms with Crippen LogP contribution in [-0.2, 0) is 6.42 Å². The maximum Gasteiger partial charge on any atom is 0.00802 e. The van der Waals surface area contributed by atoms with Crippen molar-refractivity contribution in [1.29, 1.82) is 0 Å². The van der Waals surface area contributed by atoms with Crippen LogP contribution in [-0.4, -0.2) is 0 Å². The highest BCUT2D eigenvalue weighted by molar-refractivity contribution is 7.10. The first-order valence-electron chi connectivity index (χ1n) is 3.36. The average Bonchev–Trinajstić information content (AvgIpc) is 2.33. The lowest BCUT2D eigenvalue weighted by Gasteiger charge is -2.08. The molecule has 9 heavy (non-hydrogen) atoms. The third-order valence-electron chi connectivity index (χ3n) is 1.75. The van der Waals surface area contributed by atoms with Gasteiger partial charge in [-0.1, -0.05) is 0 Å². The van der Waals surface area contributed by atoms with Crippen molar-refractivity contribution in [2.24, 2.45) is 0 Å². The summed E-state index contributed by atoms with van der Waals surface area (Å²) in [5.41, 5.74) is 1.49. The second-order valence-electron chi connectivity index (χ2n) is 2.40. The van der Waals surface area contributed by atoms with Crippen molar-refractivity contribution < 1.29 is 0 Å². The zero-order valence-electron chi connectivity index (χ0n) is 5.26. The lowest BCUT2D eigenvalue weighted by molar-refractivity contribution is 0.789. The summed E-state index contributed by atoms with van der Waals surface area (Å²) in [6.07, 6.45) is 6.29. The summed E-state index contributed by atoms with van der Waals surface area (Å²) in [5.74, 6) is 0. The first-order valence-corrected chi connectivity index (χ1v) is 4.24. The molecule has 0 atom stereocenters. The molecule has 0 nitrogen and oxygen atoms in total. The van der Waals surface area contributed by atoms with Gasteiger partial charge in [0.05, 0.1) is 0 Å². The van der Waals surface area contributed by atoms with Crippen LogP contribution in [0.5, 0.6) is 0 Å². The molecule has 1 aromatic rings. The Balaban J connectivity index is 2.39. The highest BCUT2D eigenvalue weighted by Gasteiger charge is 2.08. The van der Waals surface area contributed by atoms with Gasteiger partial charge < -0.3 is 0 Å². The summed E-state index contributed by atoms with van der Waals surface area (Å²) in [6, 6.07) is 2.22. The van der Waals surface area contributed by atoms with Gasteiger partial charge in [-0.15, -0.1) is 11.3 Å². The summed E-state index contributed by atoms with van der Waals surface area (Å²) in [6.45, 7) is 0. The summed E-state index contributed by atoms with van der Waals surface area (Å²) in [5, 5.41) is 2.19. The summed E-state index contributed by atoms with van der Waals surface area (Å²) < 4.78 is 0. The number of aryl methyl sites for hydroxylation is 1. The molecule has 1 heteroatoms. The Morgan fingerprint density at radius 1 is 1.44 bits per heavy atom. The van der Waals surface area contributed by atoms with E-state index in [2.05, 4.69) is 17.9 Å². The average molecular weight is 137 g/mol. The van der Waals surface area contributed by atoms with Crippen molar-refractivity contribution in [2.45, 2.75) is 19.3 Å². The van der Waals surface area contributed by atoms with Crippen LogP contribution in [0.1, 0.15) is 23.3 Å². The van der Waals surface area contributed by atoms with Gasteiger partial charge in [-0.25, -0.2) is 0 Å². The molecule has 0 fully saturated rings. The van der Waals surface area contributed by atoms with Crippen molar-refractivity contribution in [3.05, 3.63) is 28.3 Å². The molecule has 1 heterocycles. The van der Waals surface area contributed by atoms with Crippen LogP contribution in [0, 0.1) is 6.42 Å². The standard InChI is InChI=1S/C8H9S/c1-2-4-8-7(3-1)5-6-9-8/h3,5-6H,1-2,4H2. The molecule has 0 N–H and O–H groups in total. The number of hydrogen-bond donors (Lipinski definition) is 0. The van der Waals surface area contributed by atoms with Gasteiger partial charge in [-0.3, -0.25) is 0 Å². The number of fused-ring (bicyclic) bond motifs is 1. The Hall–Kier alpha value is -0.300. The van der Waals surface area contributed by atoms with Gasteiger partial charge in [0.25, 0.3) is 0 Å². The second kappa shape index (κ2) is 2.14. The molecule has 1 aliphatic rings. The Labute approximate surface area is 59.5 Å². The largest absolute Gasteiger partial charge is 0.149 e. The maximum atomic E-state index is 2.34. The smallest absolute Gasteiger partial charge is 0.00802 e. The predicted octanol–water partition coefficient (Wildman–Crippen LogP) is 2.64. The highest BCUT2D eigenvalue weighted by Crippen LogP contribution is 2.26. The Morgan fingerprint density at radius 2 is 2.44 bits per heavy atom.